The van der Waals surface area contributed by atoms with Crippen LogP contribution in [0.5, 0.6) is 5.75 Å². The predicted octanol–water partition coefficient (Wildman–Crippen LogP) is 3.00. The van der Waals surface area contributed by atoms with Gasteiger partial charge in [0.25, 0.3) is 0 Å². The summed E-state index contributed by atoms with van der Waals surface area (Å²) in [5, 5.41) is 5.15. The fraction of sp³-hybridized carbons (Fsp3) is 0.353. The Morgan fingerprint density at radius 2 is 1.86 bits per heavy atom. The molecule has 0 amide bonds. The van der Waals surface area contributed by atoms with E-state index in [2.05, 4.69) is 5.32 Å². The molecule has 0 aliphatic carbocycles. The van der Waals surface area contributed by atoms with Crippen molar-refractivity contribution in [3.05, 3.63) is 42.0 Å². The number of nitrogens with one attached hydrogen (secondary N) is 1. The molecule has 0 bridgehead atoms. The second kappa shape index (κ2) is 7.64. The van der Waals surface area contributed by atoms with Crippen LogP contribution in [-0.2, 0) is 4.74 Å². The first-order valence-corrected chi connectivity index (χ1v) is 7.14. The van der Waals surface area contributed by atoms with Crippen molar-refractivity contribution in [3.8, 4) is 5.75 Å². The molecule has 1 N–H and O–H groups in total. The second-order valence-electron chi connectivity index (χ2n) is 4.85. The third-order valence-corrected chi connectivity index (χ3v) is 3.33. The van der Waals surface area contributed by atoms with Crippen LogP contribution in [0.15, 0.2) is 36.4 Å². The van der Waals surface area contributed by atoms with Crippen LogP contribution in [0.3, 0.4) is 0 Å². The van der Waals surface area contributed by atoms with Gasteiger partial charge in [-0.2, -0.15) is 0 Å². The van der Waals surface area contributed by atoms with E-state index in [-0.39, 0.29) is 5.97 Å². The summed E-state index contributed by atoms with van der Waals surface area (Å²) >= 11 is 0. The summed E-state index contributed by atoms with van der Waals surface area (Å²) in [5.41, 5.74) is 0.477. The van der Waals surface area contributed by atoms with Gasteiger partial charge in [0.1, 0.15) is 11.3 Å². The van der Waals surface area contributed by atoms with E-state index in [0.29, 0.717) is 17.9 Å². The Morgan fingerprint density at radius 3 is 2.52 bits per heavy atom. The van der Waals surface area contributed by atoms with E-state index in [9.17, 15) is 4.79 Å². The second-order valence-corrected chi connectivity index (χ2v) is 4.85. The Bertz CT molecular complexity index is 610. The first-order valence-electron chi connectivity index (χ1n) is 7.14. The number of ether oxygens (including phenoxy) is 2. The lowest BCUT2D eigenvalue weighted by Gasteiger charge is -2.12. The quantitative estimate of drug-likeness (QED) is 0.628. The first kappa shape index (κ1) is 15.3. The minimum atomic E-state index is -0.369. The molecule has 0 saturated heterocycles. The smallest absolute Gasteiger partial charge is 0.341 e. The van der Waals surface area contributed by atoms with Crippen LogP contribution >= 0.6 is 0 Å². The highest BCUT2D eigenvalue weighted by Gasteiger charge is 2.14. The molecule has 0 aliphatic rings. The van der Waals surface area contributed by atoms with Crippen molar-refractivity contribution in [2.75, 3.05) is 27.3 Å². The fourth-order valence-corrected chi connectivity index (χ4v) is 2.19. The van der Waals surface area contributed by atoms with Crippen molar-refractivity contribution >= 4 is 16.7 Å². The van der Waals surface area contributed by atoms with Gasteiger partial charge in [-0.05, 0) is 49.3 Å². The highest BCUT2D eigenvalue weighted by molar-refractivity contribution is 5.98. The molecule has 2 aromatic rings. The standard InChI is InChI=1S/C17H21NO3/c1-18-9-5-6-10-21-16-12-14-8-4-3-7-13(14)11-15(16)17(19)20-2/h3-4,7-8,11-12,18H,5-6,9-10H2,1-2H3. The van der Waals surface area contributed by atoms with Gasteiger partial charge in [-0.15, -0.1) is 0 Å². The average molecular weight is 287 g/mol. The molecule has 0 aromatic heterocycles. The Labute approximate surface area is 125 Å². The zero-order valence-corrected chi connectivity index (χ0v) is 12.5. The lowest BCUT2D eigenvalue weighted by molar-refractivity contribution is 0.0596. The number of carbonyl (C=O) groups is 1. The molecule has 0 aliphatic heterocycles. The maximum absolute atomic E-state index is 11.9. The van der Waals surface area contributed by atoms with E-state index >= 15 is 0 Å². The molecule has 21 heavy (non-hydrogen) atoms. The van der Waals surface area contributed by atoms with Crippen molar-refractivity contribution < 1.29 is 14.3 Å². The molecule has 0 fully saturated rings. The summed E-state index contributed by atoms with van der Waals surface area (Å²) in [4.78, 5) is 11.9. The highest BCUT2D eigenvalue weighted by Crippen LogP contribution is 2.27. The molecule has 0 spiro atoms. The molecular weight excluding hydrogens is 266 g/mol. The maximum atomic E-state index is 11.9. The highest BCUT2D eigenvalue weighted by atomic mass is 16.5. The summed E-state index contributed by atoms with van der Waals surface area (Å²) < 4.78 is 10.6. The number of benzene rings is 2. The van der Waals surface area contributed by atoms with Gasteiger partial charge < -0.3 is 14.8 Å². The van der Waals surface area contributed by atoms with E-state index in [4.69, 9.17) is 9.47 Å². The summed E-state index contributed by atoms with van der Waals surface area (Å²) in [6, 6.07) is 11.6. The van der Waals surface area contributed by atoms with Gasteiger partial charge in [0.2, 0.25) is 0 Å². The summed E-state index contributed by atoms with van der Waals surface area (Å²) in [6.45, 7) is 1.55. The minimum Gasteiger partial charge on any atom is -0.493 e. The number of hydrogen-bond donors (Lipinski definition) is 1. The monoisotopic (exact) mass is 287 g/mol. The van der Waals surface area contributed by atoms with Crippen LogP contribution in [0.1, 0.15) is 23.2 Å². The molecular formula is C17H21NO3. The predicted molar refractivity (Wildman–Crippen MR) is 83.9 cm³/mol. The number of carbonyl (C=O) groups excluding carboxylic acids is 1. The van der Waals surface area contributed by atoms with Crippen LogP contribution in [0, 0.1) is 0 Å². The van der Waals surface area contributed by atoms with Crippen molar-refractivity contribution in [2.45, 2.75) is 12.8 Å². The molecule has 0 unspecified atom stereocenters. The van der Waals surface area contributed by atoms with Crippen LogP contribution < -0.4 is 10.1 Å². The number of hydrogen-bond acceptors (Lipinski definition) is 4. The average Bonchev–Trinajstić information content (AvgIpc) is 2.53. The Kier molecular flexibility index (Phi) is 5.58. The summed E-state index contributed by atoms with van der Waals surface area (Å²) in [7, 11) is 3.31. The van der Waals surface area contributed by atoms with Crippen molar-refractivity contribution in [1.82, 2.24) is 5.32 Å². The Balaban J connectivity index is 2.20. The number of methoxy groups -OCH3 is 1. The molecule has 4 heteroatoms. The number of fused-ring (bicyclic) bond motifs is 1. The molecule has 0 saturated carbocycles. The van der Waals surface area contributed by atoms with Crippen LogP contribution in [0.4, 0.5) is 0 Å². The third-order valence-electron chi connectivity index (χ3n) is 3.33. The topological polar surface area (TPSA) is 47.6 Å². The van der Waals surface area contributed by atoms with Crippen LogP contribution in [0.2, 0.25) is 0 Å². The lowest BCUT2D eigenvalue weighted by Crippen LogP contribution is -2.10. The van der Waals surface area contributed by atoms with Crippen LogP contribution in [-0.4, -0.2) is 33.3 Å². The summed E-state index contributed by atoms with van der Waals surface area (Å²) in [6.07, 6.45) is 1.98. The van der Waals surface area contributed by atoms with Crippen molar-refractivity contribution in [3.63, 3.8) is 0 Å². The van der Waals surface area contributed by atoms with Crippen molar-refractivity contribution in [1.29, 1.82) is 0 Å². The molecule has 4 nitrogen and oxygen atoms in total. The first-order chi connectivity index (χ1) is 10.3. The SMILES string of the molecule is CNCCCCOc1cc2ccccc2cc1C(=O)OC. The normalized spacial score (nSPS) is 10.6. The van der Waals surface area contributed by atoms with E-state index in [1.807, 2.05) is 43.4 Å². The lowest BCUT2D eigenvalue weighted by atomic mass is 10.1. The zero-order chi connectivity index (χ0) is 15.1. The number of rotatable bonds is 7. The van der Waals surface area contributed by atoms with E-state index in [1.165, 1.54) is 7.11 Å². The van der Waals surface area contributed by atoms with Gasteiger partial charge in [0.15, 0.2) is 0 Å². The van der Waals surface area contributed by atoms with Crippen LogP contribution in [0.25, 0.3) is 10.8 Å². The van der Waals surface area contributed by atoms with Gasteiger partial charge in [-0.25, -0.2) is 4.79 Å². The maximum Gasteiger partial charge on any atom is 0.341 e. The fourth-order valence-electron chi connectivity index (χ4n) is 2.19. The molecule has 2 aromatic carbocycles. The molecule has 112 valence electrons. The molecule has 0 radical (unpaired) electrons. The zero-order valence-electron chi connectivity index (χ0n) is 12.5. The number of unbranched alkanes of at least 4 members (excludes halogenated alkanes) is 1. The largest absolute Gasteiger partial charge is 0.493 e. The summed E-state index contributed by atoms with van der Waals surface area (Å²) in [5.74, 6) is 0.219. The Hall–Kier alpha value is -2.07. The third kappa shape index (κ3) is 3.95. The van der Waals surface area contributed by atoms with Gasteiger partial charge in [0, 0.05) is 0 Å². The molecule has 2 rings (SSSR count). The Morgan fingerprint density at radius 1 is 1.14 bits per heavy atom. The molecule has 0 atom stereocenters. The van der Waals surface area contributed by atoms with E-state index < -0.39 is 0 Å². The van der Waals surface area contributed by atoms with E-state index in [1.54, 1.807) is 0 Å². The van der Waals surface area contributed by atoms with Crippen molar-refractivity contribution in [2.24, 2.45) is 0 Å². The minimum absolute atomic E-state index is 0.369. The van der Waals surface area contributed by atoms with Gasteiger partial charge in [0.05, 0.1) is 13.7 Å². The van der Waals surface area contributed by atoms with E-state index in [0.717, 1.165) is 30.2 Å². The molecule has 0 heterocycles. The van der Waals surface area contributed by atoms with Gasteiger partial charge in [-0.3, -0.25) is 0 Å². The van der Waals surface area contributed by atoms with Gasteiger partial charge >= 0.3 is 5.97 Å². The van der Waals surface area contributed by atoms with Gasteiger partial charge in [-0.1, -0.05) is 24.3 Å². The number of esters is 1.